The van der Waals surface area contributed by atoms with E-state index in [0.717, 1.165) is 31.2 Å². The Bertz CT molecular complexity index is 360. The van der Waals surface area contributed by atoms with Gasteiger partial charge in [0.2, 0.25) is 0 Å². The number of hydrogen-bond acceptors (Lipinski definition) is 2. The summed E-state index contributed by atoms with van der Waals surface area (Å²) in [5.41, 5.74) is 1.71. The first kappa shape index (κ1) is 12.0. The highest BCUT2D eigenvalue weighted by molar-refractivity contribution is 7.07. The summed E-state index contributed by atoms with van der Waals surface area (Å²) in [5.74, 6) is 1.57. The molecule has 0 N–H and O–H groups in total. The maximum Gasteiger partial charge on any atom is 0.0671 e. The molecule has 0 spiro atoms. The summed E-state index contributed by atoms with van der Waals surface area (Å²) in [6.07, 6.45) is 6.64. The van der Waals surface area contributed by atoms with Crippen LogP contribution in [-0.2, 0) is 11.2 Å². The zero-order valence-corrected chi connectivity index (χ0v) is 11.6. The fraction of sp³-hybridized carbons (Fsp3) is 0.714. The largest absolute Gasteiger partial charge is 0.377 e. The van der Waals surface area contributed by atoms with E-state index in [1.54, 1.807) is 11.3 Å². The third-order valence-electron chi connectivity index (χ3n) is 4.31. The average molecular weight is 271 g/mol. The molecule has 0 bridgehead atoms. The molecule has 2 heterocycles. The summed E-state index contributed by atoms with van der Waals surface area (Å²) in [6, 6.07) is 2.23. The molecule has 1 aromatic heterocycles. The summed E-state index contributed by atoms with van der Waals surface area (Å²) in [5, 5.41) is 4.41. The number of alkyl halides is 1. The fourth-order valence-electron chi connectivity index (χ4n) is 3.05. The van der Waals surface area contributed by atoms with Crippen molar-refractivity contribution in [3.63, 3.8) is 0 Å². The maximum absolute atomic E-state index is 6.29. The molecule has 0 aromatic carbocycles. The minimum atomic E-state index is 0.255. The number of aryl methyl sites for hydroxylation is 1. The topological polar surface area (TPSA) is 9.23 Å². The molecule has 1 saturated carbocycles. The molecule has 1 aromatic rings. The molecule has 17 heavy (non-hydrogen) atoms. The monoisotopic (exact) mass is 270 g/mol. The second kappa shape index (κ2) is 4.91. The van der Waals surface area contributed by atoms with Gasteiger partial charge in [-0.25, -0.2) is 0 Å². The summed E-state index contributed by atoms with van der Waals surface area (Å²) < 4.78 is 5.97. The lowest BCUT2D eigenvalue weighted by atomic mass is 9.76. The van der Waals surface area contributed by atoms with Gasteiger partial charge in [0.15, 0.2) is 0 Å². The molecule has 0 radical (unpaired) electrons. The molecule has 0 amide bonds. The van der Waals surface area contributed by atoms with Crippen LogP contribution in [0.15, 0.2) is 16.8 Å². The van der Waals surface area contributed by atoms with Gasteiger partial charge in [-0.05, 0) is 60.4 Å². The zero-order chi connectivity index (χ0) is 11.7. The molecule has 94 valence electrons. The van der Waals surface area contributed by atoms with Gasteiger partial charge in [0.1, 0.15) is 0 Å². The molecule has 1 saturated heterocycles. The van der Waals surface area contributed by atoms with Crippen LogP contribution in [0.4, 0.5) is 0 Å². The van der Waals surface area contributed by atoms with E-state index in [0.29, 0.717) is 6.10 Å². The molecular weight excluding hydrogens is 252 g/mol. The van der Waals surface area contributed by atoms with Crippen molar-refractivity contribution in [1.82, 2.24) is 0 Å². The molecule has 2 aliphatic rings. The van der Waals surface area contributed by atoms with E-state index in [9.17, 15) is 0 Å². The van der Waals surface area contributed by atoms with Crippen molar-refractivity contribution >= 4 is 22.9 Å². The van der Waals surface area contributed by atoms with Crippen LogP contribution in [0.1, 0.15) is 31.2 Å². The lowest BCUT2D eigenvalue weighted by Crippen LogP contribution is -2.35. The lowest BCUT2D eigenvalue weighted by molar-refractivity contribution is 0.0367. The molecular formula is C14H19ClOS. The van der Waals surface area contributed by atoms with Crippen LogP contribution >= 0.6 is 22.9 Å². The van der Waals surface area contributed by atoms with Gasteiger partial charge in [-0.3, -0.25) is 0 Å². The van der Waals surface area contributed by atoms with E-state index in [1.807, 2.05) is 0 Å². The predicted octanol–water partition coefficient (Wildman–Crippen LogP) is 4.10. The van der Waals surface area contributed by atoms with Gasteiger partial charge in [-0.1, -0.05) is 0 Å². The van der Waals surface area contributed by atoms with Crippen molar-refractivity contribution in [3.8, 4) is 0 Å². The highest BCUT2D eigenvalue weighted by Gasteiger charge is 2.49. The van der Waals surface area contributed by atoms with Gasteiger partial charge >= 0.3 is 0 Å². The molecule has 1 aliphatic heterocycles. The Morgan fingerprint density at radius 2 is 2.35 bits per heavy atom. The van der Waals surface area contributed by atoms with Crippen LogP contribution in [0.25, 0.3) is 0 Å². The molecule has 2 unspecified atom stereocenters. The van der Waals surface area contributed by atoms with Gasteiger partial charge in [-0.2, -0.15) is 11.3 Å². The Hall–Kier alpha value is -0.0500. The minimum Gasteiger partial charge on any atom is -0.377 e. The third-order valence-corrected chi connectivity index (χ3v) is 5.57. The van der Waals surface area contributed by atoms with E-state index in [-0.39, 0.29) is 5.41 Å². The molecule has 1 nitrogen and oxygen atoms in total. The van der Waals surface area contributed by atoms with Crippen molar-refractivity contribution in [2.24, 2.45) is 11.3 Å². The SMILES string of the molecule is ClCC1(CCc2ccsc2)CCOC1C1CC1. The Balaban J connectivity index is 1.68. The van der Waals surface area contributed by atoms with E-state index >= 15 is 0 Å². The van der Waals surface area contributed by atoms with Gasteiger partial charge in [-0.15, -0.1) is 11.6 Å². The van der Waals surface area contributed by atoms with E-state index < -0.39 is 0 Å². The van der Waals surface area contributed by atoms with E-state index in [2.05, 4.69) is 16.8 Å². The second-order valence-corrected chi connectivity index (χ2v) is 6.55. The van der Waals surface area contributed by atoms with Crippen molar-refractivity contribution in [2.75, 3.05) is 12.5 Å². The first-order valence-corrected chi connectivity index (χ1v) is 8.00. The maximum atomic E-state index is 6.29. The van der Waals surface area contributed by atoms with Crippen molar-refractivity contribution < 1.29 is 4.74 Å². The summed E-state index contributed by atoms with van der Waals surface area (Å²) in [7, 11) is 0. The van der Waals surface area contributed by atoms with Crippen molar-refractivity contribution in [3.05, 3.63) is 22.4 Å². The van der Waals surface area contributed by atoms with Crippen molar-refractivity contribution in [1.29, 1.82) is 0 Å². The van der Waals surface area contributed by atoms with Crippen LogP contribution in [0.2, 0.25) is 0 Å². The van der Waals surface area contributed by atoms with Gasteiger partial charge in [0.05, 0.1) is 6.10 Å². The summed E-state index contributed by atoms with van der Waals surface area (Å²) in [4.78, 5) is 0. The van der Waals surface area contributed by atoms with Gasteiger partial charge in [0, 0.05) is 17.9 Å². The molecule has 3 heteroatoms. The highest BCUT2D eigenvalue weighted by Crippen LogP contribution is 2.50. The first-order chi connectivity index (χ1) is 8.34. The Labute approximate surface area is 112 Å². The second-order valence-electron chi connectivity index (χ2n) is 5.51. The van der Waals surface area contributed by atoms with Crippen LogP contribution < -0.4 is 0 Å². The smallest absolute Gasteiger partial charge is 0.0671 e. The van der Waals surface area contributed by atoms with Crippen LogP contribution in [0.3, 0.4) is 0 Å². The third kappa shape index (κ3) is 2.40. The highest BCUT2D eigenvalue weighted by atomic mass is 35.5. The van der Waals surface area contributed by atoms with Crippen molar-refractivity contribution in [2.45, 2.75) is 38.2 Å². The number of ether oxygens (including phenoxy) is 1. The Kier molecular flexibility index (Phi) is 3.47. The van der Waals surface area contributed by atoms with Crippen LogP contribution in [0, 0.1) is 11.3 Å². The first-order valence-electron chi connectivity index (χ1n) is 6.53. The number of rotatable bonds is 5. The predicted molar refractivity (Wildman–Crippen MR) is 72.9 cm³/mol. The standard InChI is InChI=1S/C14H19ClOS/c15-10-14(5-3-11-4-8-17-9-11)6-7-16-13(14)12-1-2-12/h4,8-9,12-13H,1-3,5-7,10H2. The Morgan fingerprint density at radius 1 is 1.47 bits per heavy atom. The quantitative estimate of drug-likeness (QED) is 0.732. The minimum absolute atomic E-state index is 0.255. The molecule has 2 fully saturated rings. The average Bonchev–Trinajstić information content (AvgIpc) is 2.92. The molecule has 2 atom stereocenters. The van der Waals surface area contributed by atoms with E-state index in [1.165, 1.54) is 24.8 Å². The lowest BCUT2D eigenvalue weighted by Gasteiger charge is -2.32. The number of hydrogen-bond donors (Lipinski definition) is 0. The summed E-state index contributed by atoms with van der Waals surface area (Å²) in [6.45, 7) is 0.914. The fourth-order valence-corrected chi connectivity index (χ4v) is 4.17. The van der Waals surface area contributed by atoms with Crippen LogP contribution in [-0.4, -0.2) is 18.6 Å². The molecule has 1 aliphatic carbocycles. The number of halogens is 1. The van der Waals surface area contributed by atoms with Gasteiger partial charge < -0.3 is 4.74 Å². The normalized spacial score (nSPS) is 33.1. The van der Waals surface area contributed by atoms with E-state index in [4.69, 9.17) is 16.3 Å². The molecule has 3 rings (SSSR count). The van der Waals surface area contributed by atoms with Crippen LogP contribution in [0.5, 0.6) is 0 Å². The van der Waals surface area contributed by atoms with Gasteiger partial charge in [0.25, 0.3) is 0 Å². The Morgan fingerprint density at radius 3 is 3.00 bits per heavy atom. The summed E-state index contributed by atoms with van der Waals surface area (Å²) >= 11 is 8.08. The zero-order valence-electron chi connectivity index (χ0n) is 10.0. The number of thiophene rings is 1.